The van der Waals surface area contributed by atoms with Crippen molar-refractivity contribution in [1.29, 1.82) is 0 Å². The second kappa shape index (κ2) is 7.79. The fourth-order valence-electron chi connectivity index (χ4n) is 3.44. The molecular formula is C21H24O5. The fraction of sp³-hybridized carbons (Fsp3) is 0.381. The second-order valence-electron chi connectivity index (χ2n) is 6.47. The predicted molar refractivity (Wildman–Crippen MR) is 97.3 cm³/mol. The molecule has 1 aliphatic heterocycles. The molecule has 0 aliphatic carbocycles. The van der Waals surface area contributed by atoms with Crippen LogP contribution in [0.2, 0.25) is 0 Å². The van der Waals surface area contributed by atoms with Gasteiger partial charge in [-0.2, -0.15) is 0 Å². The van der Waals surface area contributed by atoms with Gasteiger partial charge in [-0.1, -0.05) is 30.3 Å². The standard InChI is InChI=1S/C21H24O5/c1-3-25-20(22)11-16-14-26-19-10-9-17(24-2)12-18(19)21(16,23)13-15-7-5-4-6-8-15/h4-10,12,16,23H,3,11,13-14H2,1-2H3. The topological polar surface area (TPSA) is 65.0 Å². The van der Waals surface area contributed by atoms with Crippen LogP contribution in [0, 0.1) is 5.92 Å². The summed E-state index contributed by atoms with van der Waals surface area (Å²) in [7, 11) is 1.58. The lowest BCUT2D eigenvalue weighted by Crippen LogP contribution is -2.45. The first-order valence-corrected chi connectivity index (χ1v) is 8.80. The molecule has 0 saturated heterocycles. The Labute approximate surface area is 153 Å². The first-order chi connectivity index (χ1) is 12.6. The summed E-state index contributed by atoms with van der Waals surface area (Å²) in [6, 6.07) is 15.1. The monoisotopic (exact) mass is 356 g/mol. The maximum absolute atomic E-state index is 12.1. The van der Waals surface area contributed by atoms with Gasteiger partial charge in [0.25, 0.3) is 0 Å². The van der Waals surface area contributed by atoms with Crippen LogP contribution >= 0.6 is 0 Å². The van der Waals surface area contributed by atoms with Gasteiger partial charge in [-0.05, 0) is 30.7 Å². The third kappa shape index (κ3) is 3.68. The van der Waals surface area contributed by atoms with Gasteiger partial charge in [0.1, 0.15) is 17.1 Å². The van der Waals surface area contributed by atoms with E-state index in [1.54, 1.807) is 32.2 Å². The van der Waals surface area contributed by atoms with E-state index < -0.39 is 11.5 Å². The summed E-state index contributed by atoms with van der Waals surface area (Å²) in [5, 5.41) is 11.7. The number of carbonyl (C=O) groups excluding carboxylic acids is 1. The molecule has 0 bridgehead atoms. The fourth-order valence-corrected chi connectivity index (χ4v) is 3.44. The van der Waals surface area contributed by atoms with Gasteiger partial charge in [-0.3, -0.25) is 4.79 Å². The van der Waals surface area contributed by atoms with Crippen molar-refractivity contribution < 1.29 is 24.1 Å². The van der Waals surface area contributed by atoms with E-state index in [-0.39, 0.29) is 19.0 Å². The maximum atomic E-state index is 12.1. The first-order valence-electron chi connectivity index (χ1n) is 8.80. The number of aliphatic hydroxyl groups is 1. The number of methoxy groups -OCH3 is 1. The summed E-state index contributed by atoms with van der Waals surface area (Å²) in [5.74, 6) is 0.500. The first kappa shape index (κ1) is 18.3. The van der Waals surface area contributed by atoms with E-state index in [1.807, 2.05) is 30.3 Å². The Bertz CT molecular complexity index is 758. The molecule has 5 nitrogen and oxygen atoms in total. The molecule has 138 valence electrons. The molecule has 26 heavy (non-hydrogen) atoms. The molecule has 2 aromatic carbocycles. The minimum absolute atomic E-state index is 0.0911. The average Bonchev–Trinajstić information content (AvgIpc) is 2.65. The molecule has 2 atom stereocenters. The molecule has 5 heteroatoms. The molecule has 2 unspecified atom stereocenters. The number of hydrogen-bond acceptors (Lipinski definition) is 5. The van der Waals surface area contributed by atoms with Crippen LogP contribution in [0.4, 0.5) is 0 Å². The van der Waals surface area contributed by atoms with Gasteiger partial charge >= 0.3 is 5.97 Å². The van der Waals surface area contributed by atoms with E-state index >= 15 is 0 Å². The molecule has 1 N–H and O–H groups in total. The van der Waals surface area contributed by atoms with E-state index in [4.69, 9.17) is 14.2 Å². The third-order valence-corrected chi connectivity index (χ3v) is 4.80. The number of carbonyl (C=O) groups is 1. The van der Waals surface area contributed by atoms with Crippen molar-refractivity contribution >= 4 is 5.97 Å². The van der Waals surface area contributed by atoms with Crippen LogP contribution in [0.3, 0.4) is 0 Å². The summed E-state index contributed by atoms with van der Waals surface area (Å²) < 4.78 is 16.2. The quantitative estimate of drug-likeness (QED) is 0.806. The summed E-state index contributed by atoms with van der Waals surface area (Å²) in [4.78, 5) is 12.1. The minimum Gasteiger partial charge on any atom is -0.497 e. The van der Waals surface area contributed by atoms with E-state index in [2.05, 4.69) is 0 Å². The molecule has 0 fully saturated rings. The number of fused-ring (bicyclic) bond motifs is 1. The molecule has 1 heterocycles. The highest BCUT2D eigenvalue weighted by molar-refractivity contribution is 5.70. The van der Waals surface area contributed by atoms with Crippen LogP contribution in [0.1, 0.15) is 24.5 Å². The Morgan fingerprint density at radius 2 is 2.04 bits per heavy atom. The minimum atomic E-state index is -1.25. The van der Waals surface area contributed by atoms with Crippen molar-refractivity contribution in [2.75, 3.05) is 20.3 Å². The highest BCUT2D eigenvalue weighted by atomic mass is 16.5. The molecule has 0 amide bonds. The number of rotatable bonds is 6. The lowest BCUT2D eigenvalue weighted by Gasteiger charge is -2.41. The predicted octanol–water partition coefficient (Wildman–Crippen LogP) is 3.09. The van der Waals surface area contributed by atoms with E-state index in [0.29, 0.717) is 30.1 Å². The Morgan fingerprint density at radius 3 is 2.73 bits per heavy atom. The molecule has 0 spiro atoms. The van der Waals surface area contributed by atoms with Crippen LogP contribution in [-0.2, 0) is 21.6 Å². The smallest absolute Gasteiger partial charge is 0.306 e. The Balaban J connectivity index is 2.00. The van der Waals surface area contributed by atoms with Crippen LogP contribution < -0.4 is 9.47 Å². The van der Waals surface area contributed by atoms with Gasteiger partial charge in [0, 0.05) is 17.9 Å². The normalized spacial score (nSPS) is 21.4. The lowest BCUT2D eigenvalue weighted by atomic mass is 9.74. The zero-order valence-electron chi connectivity index (χ0n) is 15.1. The Hall–Kier alpha value is -2.53. The number of benzene rings is 2. The van der Waals surface area contributed by atoms with Crippen LogP contribution in [0.15, 0.2) is 48.5 Å². The number of ether oxygens (including phenoxy) is 3. The van der Waals surface area contributed by atoms with Gasteiger partial charge in [0.2, 0.25) is 0 Å². The molecule has 0 aromatic heterocycles. The van der Waals surface area contributed by atoms with Crippen molar-refractivity contribution in [3.8, 4) is 11.5 Å². The maximum Gasteiger partial charge on any atom is 0.306 e. The van der Waals surface area contributed by atoms with Gasteiger partial charge < -0.3 is 19.3 Å². The molecule has 0 saturated carbocycles. The Morgan fingerprint density at radius 1 is 1.27 bits per heavy atom. The third-order valence-electron chi connectivity index (χ3n) is 4.80. The zero-order chi connectivity index (χ0) is 18.6. The van der Waals surface area contributed by atoms with Gasteiger partial charge in [0.15, 0.2) is 0 Å². The molecule has 3 rings (SSSR count). The summed E-state index contributed by atoms with van der Waals surface area (Å²) in [6.45, 7) is 2.33. The van der Waals surface area contributed by atoms with Gasteiger partial charge in [0.05, 0.1) is 26.7 Å². The highest BCUT2D eigenvalue weighted by Gasteiger charge is 2.45. The van der Waals surface area contributed by atoms with Crippen LogP contribution in [0.5, 0.6) is 11.5 Å². The number of esters is 1. The van der Waals surface area contributed by atoms with Crippen molar-refractivity contribution in [3.05, 3.63) is 59.7 Å². The SMILES string of the molecule is CCOC(=O)CC1COc2ccc(OC)cc2C1(O)Cc1ccccc1. The van der Waals surface area contributed by atoms with Crippen LogP contribution in [0.25, 0.3) is 0 Å². The molecule has 2 aromatic rings. The van der Waals surface area contributed by atoms with Gasteiger partial charge in [-0.25, -0.2) is 0 Å². The summed E-state index contributed by atoms with van der Waals surface area (Å²) in [6.07, 6.45) is 0.468. The lowest BCUT2D eigenvalue weighted by molar-refractivity contribution is -0.149. The zero-order valence-corrected chi connectivity index (χ0v) is 15.1. The van der Waals surface area contributed by atoms with E-state index in [0.717, 1.165) is 5.56 Å². The Kier molecular flexibility index (Phi) is 5.47. The van der Waals surface area contributed by atoms with Crippen molar-refractivity contribution in [2.45, 2.75) is 25.4 Å². The summed E-state index contributed by atoms with van der Waals surface area (Å²) >= 11 is 0. The second-order valence-corrected chi connectivity index (χ2v) is 6.47. The van der Waals surface area contributed by atoms with E-state index in [1.165, 1.54) is 0 Å². The van der Waals surface area contributed by atoms with Crippen molar-refractivity contribution in [1.82, 2.24) is 0 Å². The van der Waals surface area contributed by atoms with Crippen molar-refractivity contribution in [3.63, 3.8) is 0 Å². The molecule has 1 aliphatic rings. The largest absolute Gasteiger partial charge is 0.497 e. The highest BCUT2D eigenvalue weighted by Crippen LogP contribution is 2.45. The molecule has 0 radical (unpaired) electrons. The average molecular weight is 356 g/mol. The number of hydrogen-bond donors (Lipinski definition) is 1. The van der Waals surface area contributed by atoms with Crippen molar-refractivity contribution in [2.24, 2.45) is 5.92 Å². The summed E-state index contributed by atoms with van der Waals surface area (Å²) in [5.41, 5.74) is 0.372. The van der Waals surface area contributed by atoms with Gasteiger partial charge in [-0.15, -0.1) is 0 Å². The van der Waals surface area contributed by atoms with E-state index in [9.17, 15) is 9.90 Å². The molecular weight excluding hydrogens is 332 g/mol. The van der Waals surface area contributed by atoms with Crippen LogP contribution in [-0.4, -0.2) is 31.4 Å².